The lowest BCUT2D eigenvalue weighted by atomic mass is 9.99. The van der Waals surface area contributed by atoms with Gasteiger partial charge in [0.05, 0.1) is 12.7 Å². The molecule has 3 heterocycles. The van der Waals surface area contributed by atoms with Crippen LogP contribution < -0.4 is 0 Å². The van der Waals surface area contributed by atoms with Gasteiger partial charge in [-0.3, -0.25) is 4.90 Å². The molecule has 1 atom stereocenters. The Morgan fingerprint density at radius 3 is 3.16 bits per heavy atom. The van der Waals surface area contributed by atoms with Gasteiger partial charge in [-0.25, -0.2) is 9.97 Å². The molecule has 1 aliphatic heterocycles. The highest BCUT2D eigenvalue weighted by Crippen LogP contribution is 2.19. The van der Waals surface area contributed by atoms with Crippen LogP contribution >= 0.6 is 0 Å². The topological polar surface area (TPSA) is 47.1 Å². The quantitative estimate of drug-likeness (QED) is 0.842. The summed E-state index contributed by atoms with van der Waals surface area (Å²) in [5.41, 5.74) is 0. The second kappa shape index (κ2) is 5.17. The van der Waals surface area contributed by atoms with Gasteiger partial charge in [0.2, 0.25) is 5.89 Å². The lowest BCUT2D eigenvalue weighted by Crippen LogP contribution is -2.31. The Balaban J connectivity index is 1.54. The fourth-order valence-corrected chi connectivity index (χ4v) is 2.80. The van der Waals surface area contributed by atoms with Gasteiger partial charge in [0.15, 0.2) is 0 Å². The highest BCUT2D eigenvalue weighted by atomic mass is 16.4. The third-order valence-corrected chi connectivity index (χ3v) is 3.68. The molecule has 0 saturated carbocycles. The first kappa shape index (κ1) is 12.4. The molecule has 102 valence electrons. The smallest absolute Gasteiger partial charge is 0.208 e. The van der Waals surface area contributed by atoms with E-state index in [1.54, 1.807) is 6.20 Å². The SMILES string of the molecule is Cc1cnc(CN(C)CC2CCc3nccn3C2)o1. The highest BCUT2D eigenvalue weighted by Gasteiger charge is 2.20. The van der Waals surface area contributed by atoms with E-state index in [1.165, 1.54) is 12.2 Å². The fraction of sp³-hybridized carbons (Fsp3) is 0.571. The summed E-state index contributed by atoms with van der Waals surface area (Å²) in [5.74, 6) is 3.59. The van der Waals surface area contributed by atoms with E-state index in [4.69, 9.17) is 4.42 Å². The molecular formula is C14H20N4O. The molecule has 2 aromatic heterocycles. The van der Waals surface area contributed by atoms with Crippen molar-refractivity contribution in [3.63, 3.8) is 0 Å². The Morgan fingerprint density at radius 1 is 1.47 bits per heavy atom. The normalized spacial score (nSPS) is 18.8. The second-order valence-electron chi connectivity index (χ2n) is 5.46. The number of oxazole rings is 1. The number of aryl methyl sites for hydroxylation is 2. The van der Waals surface area contributed by atoms with Crippen LogP contribution in [0.25, 0.3) is 0 Å². The molecule has 0 aromatic carbocycles. The summed E-state index contributed by atoms with van der Waals surface area (Å²) < 4.78 is 7.79. The van der Waals surface area contributed by atoms with E-state index in [0.717, 1.165) is 37.7 Å². The maximum absolute atomic E-state index is 5.52. The number of fused-ring (bicyclic) bond motifs is 1. The molecule has 0 saturated heterocycles. The van der Waals surface area contributed by atoms with Crippen molar-refractivity contribution in [3.8, 4) is 0 Å². The van der Waals surface area contributed by atoms with Gasteiger partial charge in [-0.15, -0.1) is 0 Å². The maximum Gasteiger partial charge on any atom is 0.208 e. The minimum Gasteiger partial charge on any atom is -0.445 e. The maximum atomic E-state index is 5.52. The van der Waals surface area contributed by atoms with Gasteiger partial charge >= 0.3 is 0 Å². The highest BCUT2D eigenvalue weighted by molar-refractivity contribution is 4.97. The Morgan fingerprint density at radius 2 is 2.37 bits per heavy atom. The van der Waals surface area contributed by atoms with Gasteiger partial charge < -0.3 is 8.98 Å². The minimum absolute atomic E-state index is 0.683. The number of rotatable bonds is 4. The van der Waals surface area contributed by atoms with Crippen molar-refractivity contribution >= 4 is 0 Å². The molecule has 19 heavy (non-hydrogen) atoms. The van der Waals surface area contributed by atoms with Crippen LogP contribution in [-0.2, 0) is 19.5 Å². The number of imidazole rings is 1. The van der Waals surface area contributed by atoms with Crippen molar-refractivity contribution in [2.75, 3.05) is 13.6 Å². The van der Waals surface area contributed by atoms with Crippen molar-refractivity contribution < 1.29 is 4.42 Å². The van der Waals surface area contributed by atoms with E-state index < -0.39 is 0 Å². The molecule has 0 bridgehead atoms. The van der Waals surface area contributed by atoms with Crippen LogP contribution in [0, 0.1) is 12.8 Å². The third-order valence-electron chi connectivity index (χ3n) is 3.68. The zero-order valence-electron chi connectivity index (χ0n) is 11.5. The Kier molecular flexibility index (Phi) is 3.38. The predicted molar refractivity (Wildman–Crippen MR) is 71.6 cm³/mol. The number of nitrogens with zero attached hydrogens (tertiary/aromatic N) is 4. The predicted octanol–water partition coefficient (Wildman–Crippen LogP) is 1.87. The molecule has 1 aliphatic rings. The largest absolute Gasteiger partial charge is 0.445 e. The third kappa shape index (κ3) is 2.87. The van der Waals surface area contributed by atoms with Gasteiger partial charge in [0, 0.05) is 31.9 Å². The van der Waals surface area contributed by atoms with Crippen molar-refractivity contribution in [2.24, 2.45) is 5.92 Å². The van der Waals surface area contributed by atoms with Gasteiger partial charge in [-0.2, -0.15) is 0 Å². The number of aromatic nitrogens is 3. The van der Waals surface area contributed by atoms with Gasteiger partial charge in [0.25, 0.3) is 0 Å². The zero-order valence-corrected chi connectivity index (χ0v) is 11.5. The van der Waals surface area contributed by atoms with Crippen molar-refractivity contribution in [1.29, 1.82) is 0 Å². The van der Waals surface area contributed by atoms with E-state index in [2.05, 4.69) is 32.7 Å². The molecule has 0 fully saturated rings. The Labute approximate surface area is 113 Å². The summed E-state index contributed by atoms with van der Waals surface area (Å²) in [4.78, 5) is 10.9. The first-order valence-corrected chi connectivity index (χ1v) is 6.80. The van der Waals surface area contributed by atoms with E-state index in [1.807, 2.05) is 13.1 Å². The van der Waals surface area contributed by atoms with Crippen LogP contribution in [0.3, 0.4) is 0 Å². The van der Waals surface area contributed by atoms with Crippen molar-refractivity contribution in [3.05, 3.63) is 36.1 Å². The summed E-state index contributed by atoms with van der Waals surface area (Å²) in [5, 5.41) is 0. The molecular weight excluding hydrogens is 240 g/mol. The summed E-state index contributed by atoms with van der Waals surface area (Å²) in [7, 11) is 2.13. The van der Waals surface area contributed by atoms with Crippen molar-refractivity contribution in [2.45, 2.75) is 32.9 Å². The van der Waals surface area contributed by atoms with Gasteiger partial charge in [-0.1, -0.05) is 0 Å². The molecule has 5 nitrogen and oxygen atoms in total. The molecule has 0 amide bonds. The molecule has 3 rings (SSSR count). The molecule has 0 radical (unpaired) electrons. The minimum atomic E-state index is 0.683. The Hall–Kier alpha value is -1.62. The van der Waals surface area contributed by atoms with Crippen molar-refractivity contribution in [1.82, 2.24) is 19.4 Å². The Bertz CT molecular complexity index is 545. The van der Waals surface area contributed by atoms with E-state index in [9.17, 15) is 0 Å². The van der Waals surface area contributed by atoms with Crippen LogP contribution in [0.4, 0.5) is 0 Å². The monoisotopic (exact) mass is 260 g/mol. The van der Waals surface area contributed by atoms with E-state index in [-0.39, 0.29) is 0 Å². The summed E-state index contributed by atoms with van der Waals surface area (Å²) in [6.45, 7) is 4.85. The standard InChI is InChI=1S/C14H20N4O/c1-11-7-16-14(19-11)10-17(2)8-12-3-4-13-15-5-6-18(13)9-12/h5-7,12H,3-4,8-10H2,1-2H3. The molecule has 5 heteroatoms. The first-order chi connectivity index (χ1) is 9.20. The lowest BCUT2D eigenvalue weighted by Gasteiger charge is -2.27. The summed E-state index contributed by atoms with van der Waals surface area (Å²) >= 11 is 0. The van der Waals surface area contributed by atoms with E-state index >= 15 is 0 Å². The molecule has 0 N–H and O–H groups in total. The van der Waals surface area contributed by atoms with E-state index in [0.29, 0.717) is 5.92 Å². The number of hydrogen-bond donors (Lipinski definition) is 0. The van der Waals surface area contributed by atoms with Gasteiger partial charge in [0.1, 0.15) is 11.6 Å². The summed E-state index contributed by atoms with van der Waals surface area (Å²) in [6, 6.07) is 0. The van der Waals surface area contributed by atoms with Crippen LogP contribution in [0.5, 0.6) is 0 Å². The molecule has 1 unspecified atom stereocenters. The van der Waals surface area contributed by atoms with Crippen LogP contribution in [-0.4, -0.2) is 33.0 Å². The number of hydrogen-bond acceptors (Lipinski definition) is 4. The van der Waals surface area contributed by atoms with Gasteiger partial charge in [-0.05, 0) is 26.3 Å². The zero-order chi connectivity index (χ0) is 13.2. The van der Waals surface area contributed by atoms with Crippen LogP contribution in [0.1, 0.15) is 23.9 Å². The second-order valence-corrected chi connectivity index (χ2v) is 5.46. The average molecular weight is 260 g/mol. The molecule has 2 aromatic rings. The van der Waals surface area contributed by atoms with Crippen LogP contribution in [0.2, 0.25) is 0 Å². The average Bonchev–Trinajstić information content (AvgIpc) is 2.97. The lowest BCUT2D eigenvalue weighted by molar-refractivity contribution is 0.213. The fourth-order valence-electron chi connectivity index (χ4n) is 2.80. The molecule has 0 spiro atoms. The molecule has 0 aliphatic carbocycles. The van der Waals surface area contributed by atoms with Crippen LogP contribution in [0.15, 0.2) is 23.0 Å². The summed E-state index contributed by atoms with van der Waals surface area (Å²) in [6.07, 6.45) is 8.06. The first-order valence-electron chi connectivity index (χ1n) is 6.80.